The average Bonchev–Trinajstić information content (AvgIpc) is 3.35. The summed E-state index contributed by atoms with van der Waals surface area (Å²) < 4.78 is 39.0. The molecule has 1 aromatic heterocycles. The summed E-state index contributed by atoms with van der Waals surface area (Å²) in [7, 11) is 0. The highest BCUT2D eigenvalue weighted by molar-refractivity contribution is 6.30. The maximum Gasteiger partial charge on any atom is 0.497 e. The fraction of sp³-hybridized carbons (Fsp3) is 0.385. The first-order valence-electron chi connectivity index (χ1n) is 11.8. The molecule has 10 heteroatoms. The summed E-state index contributed by atoms with van der Waals surface area (Å²) in [4.78, 5) is 17.0. The third kappa shape index (κ3) is 5.88. The molecule has 1 aliphatic heterocycles. The molecule has 3 aromatic rings. The summed E-state index contributed by atoms with van der Waals surface area (Å²) in [5.74, 6) is -2.16. The van der Waals surface area contributed by atoms with Gasteiger partial charge in [-0.25, -0.2) is 4.79 Å². The molecule has 1 N–H and O–H groups in total. The van der Waals surface area contributed by atoms with Crippen molar-refractivity contribution < 1.29 is 27.4 Å². The van der Waals surface area contributed by atoms with E-state index in [2.05, 4.69) is 17.1 Å². The Morgan fingerprint density at radius 3 is 2.19 bits per heavy atom. The molecule has 1 saturated heterocycles. The predicted molar refractivity (Wildman–Crippen MR) is 132 cm³/mol. The molecule has 1 fully saturated rings. The molecule has 36 heavy (non-hydrogen) atoms. The molecule has 1 aliphatic rings. The van der Waals surface area contributed by atoms with Gasteiger partial charge in [0.2, 0.25) is 0 Å². The number of rotatable bonds is 7. The van der Waals surface area contributed by atoms with E-state index in [1.807, 2.05) is 30.3 Å². The quantitative estimate of drug-likeness (QED) is 0.331. The van der Waals surface area contributed by atoms with Crippen molar-refractivity contribution in [2.45, 2.75) is 44.2 Å². The number of hydrogen-bond acceptors (Lipinski definition) is 3. The second-order valence-electron chi connectivity index (χ2n) is 9.29. The molecule has 2 heterocycles. The fourth-order valence-electron chi connectivity index (χ4n) is 4.82. The summed E-state index contributed by atoms with van der Waals surface area (Å²) in [6.07, 6.45) is -2.76. The smallest absolute Gasteiger partial charge is 0.281 e. The number of nitrogens with zero attached hydrogens (tertiary/aromatic N) is 2. The molecule has 0 spiro atoms. The number of alkyl halides is 3. The van der Waals surface area contributed by atoms with Gasteiger partial charge in [0.25, 0.3) is 0 Å². The van der Waals surface area contributed by atoms with Crippen LogP contribution in [-0.2, 0) is 21.5 Å². The van der Waals surface area contributed by atoms with Gasteiger partial charge in [0.1, 0.15) is 19.6 Å². The maximum absolute atomic E-state index is 13.1. The largest absolute Gasteiger partial charge is 0.497 e. The fourth-order valence-corrected chi connectivity index (χ4v) is 5.07. The number of H-pyrrole nitrogens is 1. The van der Waals surface area contributed by atoms with Crippen LogP contribution in [0.25, 0.3) is 11.3 Å². The van der Waals surface area contributed by atoms with E-state index in [1.165, 1.54) is 0 Å². The summed E-state index contributed by atoms with van der Waals surface area (Å²) in [5.41, 5.74) is 3.20. The van der Waals surface area contributed by atoms with Crippen LogP contribution in [0.2, 0.25) is 10.0 Å². The van der Waals surface area contributed by atoms with E-state index in [4.69, 9.17) is 28.0 Å². The number of nitrogens with one attached hydrogen (secondary N) is 1. The Hall–Kier alpha value is -2.55. The molecule has 0 unspecified atom stereocenters. The zero-order valence-electron chi connectivity index (χ0n) is 19.7. The highest BCUT2D eigenvalue weighted by Crippen LogP contribution is 2.41. The topological polar surface area (TPSA) is 55.0 Å². The number of likely N-dealkylation sites (tertiary alicyclic amines) is 1. The molecule has 0 aliphatic carbocycles. The second kappa shape index (κ2) is 10.4. The molecule has 0 atom stereocenters. The average molecular weight is 541 g/mol. The highest BCUT2D eigenvalue weighted by Gasteiger charge is 2.51. The maximum atomic E-state index is 13.1. The van der Waals surface area contributed by atoms with Gasteiger partial charge in [-0.2, -0.15) is 18.3 Å². The van der Waals surface area contributed by atoms with Crippen LogP contribution in [0, 0.1) is 0 Å². The zero-order chi connectivity index (χ0) is 26.0. The van der Waals surface area contributed by atoms with Crippen molar-refractivity contribution in [2.24, 2.45) is 0 Å². The summed E-state index contributed by atoms with van der Waals surface area (Å²) in [6, 6.07) is 16.5. The lowest BCUT2D eigenvalue weighted by Gasteiger charge is -2.45. The Morgan fingerprint density at radius 2 is 1.64 bits per heavy atom. The van der Waals surface area contributed by atoms with Crippen LogP contribution >= 0.6 is 23.2 Å². The van der Waals surface area contributed by atoms with E-state index in [0.717, 1.165) is 28.9 Å². The summed E-state index contributed by atoms with van der Waals surface area (Å²) >= 11 is 11.9. The van der Waals surface area contributed by atoms with Gasteiger partial charge in [-0.05, 0) is 42.3 Å². The minimum absolute atomic E-state index is 0.238. The van der Waals surface area contributed by atoms with Crippen LogP contribution in [0.4, 0.5) is 13.2 Å². The molecule has 0 amide bonds. The third-order valence-electron chi connectivity index (χ3n) is 7.19. The summed E-state index contributed by atoms with van der Waals surface area (Å²) in [5, 5.41) is 8.82. The van der Waals surface area contributed by atoms with E-state index in [1.54, 1.807) is 24.3 Å². The zero-order valence-corrected chi connectivity index (χ0v) is 21.3. The normalized spacial score (nSPS) is 22.4. The van der Waals surface area contributed by atoms with Crippen molar-refractivity contribution in [1.29, 1.82) is 0 Å². The van der Waals surface area contributed by atoms with Gasteiger partial charge in [0.05, 0.1) is 5.69 Å². The van der Waals surface area contributed by atoms with Crippen molar-refractivity contribution in [3.63, 3.8) is 0 Å². The van der Waals surface area contributed by atoms with Crippen LogP contribution in [-0.4, -0.2) is 46.6 Å². The van der Waals surface area contributed by atoms with Gasteiger partial charge < -0.3 is 0 Å². The van der Waals surface area contributed by atoms with E-state index in [0.29, 0.717) is 29.3 Å². The first kappa shape index (κ1) is 26.5. The van der Waals surface area contributed by atoms with Gasteiger partial charge in [0.15, 0.2) is 0 Å². The third-order valence-corrected chi connectivity index (χ3v) is 7.69. The standard InChI is InChI=1S/C26H27Cl2F3N3O2/c1-2-25(23-17-22(32-33-23)19-5-9-21(28)10-6-19)12-15-34(16-13-25,36-24(35)26(29,30)31)14-11-18-3-7-20(27)8-4-18/h3-10,17H,2,11-16H2,1H3,(H,32,33)/q+1. The predicted octanol–water partition coefficient (Wildman–Crippen LogP) is 6.91. The van der Waals surface area contributed by atoms with E-state index >= 15 is 0 Å². The van der Waals surface area contributed by atoms with Gasteiger partial charge in [-0.3, -0.25) is 9.94 Å². The Bertz CT molecular complexity index is 1190. The highest BCUT2D eigenvalue weighted by atomic mass is 35.5. The SMILES string of the molecule is CCC1(c2cc(-c3ccc(Cl)cc3)n[nH]2)CC[N+](CCc2ccc(Cl)cc2)(OC(=O)C(F)(F)F)CC1. The number of aromatic nitrogens is 2. The van der Waals surface area contributed by atoms with Crippen molar-refractivity contribution in [2.75, 3.05) is 19.6 Å². The van der Waals surface area contributed by atoms with Gasteiger partial charge in [-0.15, -0.1) is 4.65 Å². The second-order valence-corrected chi connectivity index (χ2v) is 10.2. The number of aromatic amines is 1. The lowest BCUT2D eigenvalue weighted by molar-refractivity contribution is -1.09. The van der Waals surface area contributed by atoms with Gasteiger partial charge >= 0.3 is 12.1 Å². The number of piperidine rings is 1. The molecular formula is C26H27Cl2F3N3O2+. The number of carbonyl (C=O) groups is 1. The number of benzene rings is 2. The Kier molecular flexibility index (Phi) is 7.69. The molecule has 5 nitrogen and oxygen atoms in total. The van der Waals surface area contributed by atoms with Crippen LogP contribution < -0.4 is 0 Å². The van der Waals surface area contributed by atoms with Crippen LogP contribution in [0.15, 0.2) is 54.6 Å². The van der Waals surface area contributed by atoms with E-state index in [-0.39, 0.29) is 29.7 Å². The first-order valence-corrected chi connectivity index (χ1v) is 12.5. The van der Waals surface area contributed by atoms with Crippen LogP contribution in [0.5, 0.6) is 0 Å². The molecule has 192 valence electrons. The van der Waals surface area contributed by atoms with Gasteiger partial charge in [0, 0.05) is 46.0 Å². The number of halogens is 5. The van der Waals surface area contributed by atoms with Crippen molar-refractivity contribution >= 4 is 29.2 Å². The molecule has 0 bridgehead atoms. The lowest BCUT2D eigenvalue weighted by atomic mass is 9.73. The van der Waals surface area contributed by atoms with Crippen molar-refractivity contribution in [1.82, 2.24) is 10.2 Å². The summed E-state index contributed by atoms with van der Waals surface area (Å²) in [6.45, 7) is 2.82. The number of hydrogen-bond donors (Lipinski definition) is 1. The van der Waals surface area contributed by atoms with Gasteiger partial charge in [-0.1, -0.05) is 54.4 Å². The minimum Gasteiger partial charge on any atom is -0.281 e. The van der Waals surface area contributed by atoms with E-state index < -0.39 is 12.1 Å². The Balaban J connectivity index is 1.54. The number of quaternary nitrogens is 1. The first-order chi connectivity index (χ1) is 17.0. The molecule has 0 saturated carbocycles. The van der Waals surface area contributed by atoms with E-state index in [9.17, 15) is 18.0 Å². The minimum atomic E-state index is -5.05. The number of carbonyl (C=O) groups excluding carboxylic acids is 1. The van der Waals surface area contributed by atoms with Crippen LogP contribution in [0.3, 0.4) is 0 Å². The molecule has 4 rings (SSSR count). The Morgan fingerprint density at radius 1 is 1.06 bits per heavy atom. The van der Waals surface area contributed by atoms with Crippen LogP contribution in [0.1, 0.15) is 37.4 Å². The van der Waals surface area contributed by atoms with Crippen molar-refractivity contribution in [3.8, 4) is 11.3 Å². The Labute approximate surface area is 217 Å². The monoisotopic (exact) mass is 540 g/mol. The number of hydroxylamine groups is 3. The van der Waals surface area contributed by atoms with Crippen molar-refractivity contribution in [3.05, 3.63) is 75.9 Å². The molecule has 0 radical (unpaired) electrons. The molecular weight excluding hydrogens is 514 g/mol. The molecule has 2 aromatic carbocycles. The lowest BCUT2D eigenvalue weighted by Crippen LogP contribution is -2.59.